The van der Waals surface area contributed by atoms with Gasteiger partial charge in [0.2, 0.25) is 6.29 Å². The van der Waals surface area contributed by atoms with E-state index in [2.05, 4.69) is 18.6 Å². The second kappa shape index (κ2) is 13.0. The Labute approximate surface area is 223 Å². The summed E-state index contributed by atoms with van der Waals surface area (Å²) in [6.07, 6.45) is 2.63. The van der Waals surface area contributed by atoms with Gasteiger partial charge in [-0.15, -0.1) is 6.58 Å². The van der Waals surface area contributed by atoms with Crippen LogP contribution >= 0.6 is 0 Å². The number of fused-ring (bicyclic) bond motifs is 6. The van der Waals surface area contributed by atoms with E-state index in [4.69, 9.17) is 18.9 Å². The highest BCUT2D eigenvalue weighted by Crippen LogP contribution is 2.45. The topological polar surface area (TPSA) is 138 Å². The average Bonchev–Trinajstić information content (AvgIpc) is 3.10. The van der Waals surface area contributed by atoms with Gasteiger partial charge >= 0.3 is 0 Å². The molecule has 38 heavy (non-hydrogen) atoms. The molecule has 5 N–H and O–H groups in total. The number of rotatable bonds is 9. The van der Waals surface area contributed by atoms with Crippen molar-refractivity contribution in [2.45, 2.75) is 80.9 Å². The molecule has 1 fully saturated rings. The molecule has 0 aliphatic carbocycles. The molecule has 1 saturated heterocycles. The smallest absolute Gasteiger partial charge is 0.243 e. The molecular weight excluding hydrogens is 492 g/mol. The van der Waals surface area contributed by atoms with Gasteiger partial charge in [0.15, 0.2) is 5.60 Å². The van der Waals surface area contributed by atoms with E-state index in [-0.39, 0.29) is 32.0 Å². The van der Waals surface area contributed by atoms with E-state index >= 15 is 0 Å². The van der Waals surface area contributed by atoms with Gasteiger partial charge in [-0.3, -0.25) is 0 Å². The maximum Gasteiger partial charge on any atom is 0.243 e. The Morgan fingerprint density at radius 3 is 2.61 bits per heavy atom. The van der Waals surface area contributed by atoms with Gasteiger partial charge < -0.3 is 44.5 Å². The molecule has 4 aliphatic rings. The largest absolute Gasteiger partial charge is 0.486 e. The standard InChI is InChI=1S/C29H38O9/c1-2-5-19-8-10-21(11-9-19)37-28-29-18-22(20(12-15-31)13-17-36-29)23(32)6-4-16-35-24(7-3-14-30)26(38-28)25(33)27(29)34/h2,8-11,13,17,20,22-28,30-34H,1,3,5-7,12,14-15,18H2/t20-,22-,23+,24+,25-,26-,27+,28-,29-/m1/s1. The van der Waals surface area contributed by atoms with Crippen LogP contribution in [0.1, 0.15) is 37.7 Å². The first-order valence-electron chi connectivity index (χ1n) is 13.2. The van der Waals surface area contributed by atoms with Crippen molar-refractivity contribution in [1.29, 1.82) is 0 Å². The zero-order valence-corrected chi connectivity index (χ0v) is 21.4. The third-order valence-electron chi connectivity index (χ3n) is 7.67. The van der Waals surface area contributed by atoms with E-state index in [0.717, 1.165) is 5.56 Å². The lowest BCUT2D eigenvalue weighted by Gasteiger charge is -2.51. The van der Waals surface area contributed by atoms with Crippen LogP contribution in [0.15, 0.2) is 49.3 Å². The maximum absolute atomic E-state index is 11.6. The van der Waals surface area contributed by atoms with E-state index in [9.17, 15) is 25.5 Å². The molecule has 1 aromatic rings. The van der Waals surface area contributed by atoms with Crippen molar-refractivity contribution in [2.24, 2.45) is 11.8 Å². The molecule has 3 bridgehead atoms. The first-order valence-corrected chi connectivity index (χ1v) is 13.2. The van der Waals surface area contributed by atoms with Crippen molar-refractivity contribution in [3.05, 3.63) is 54.8 Å². The third-order valence-corrected chi connectivity index (χ3v) is 7.67. The molecule has 1 aromatic carbocycles. The minimum absolute atomic E-state index is 0.0693. The minimum Gasteiger partial charge on any atom is -0.486 e. The molecule has 208 valence electrons. The monoisotopic (exact) mass is 530 g/mol. The Morgan fingerprint density at radius 1 is 1.11 bits per heavy atom. The van der Waals surface area contributed by atoms with Crippen molar-refractivity contribution in [1.82, 2.24) is 0 Å². The first-order chi connectivity index (χ1) is 18.4. The quantitative estimate of drug-likeness (QED) is 0.237. The van der Waals surface area contributed by atoms with Crippen LogP contribution in [-0.4, -0.2) is 81.2 Å². The highest BCUT2D eigenvalue weighted by molar-refractivity contribution is 5.29. The summed E-state index contributed by atoms with van der Waals surface area (Å²) in [5.41, 5.74) is -0.544. The maximum atomic E-state index is 11.6. The molecule has 0 amide bonds. The van der Waals surface area contributed by atoms with E-state index in [1.807, 2.05) is 12.1 Å². The fourth-order valence-electron chi connectivity index (χ4n) is 5.57. The normalized spacial score (nSPS) is 36.3. The number of benzene rings is 1. The lowest BCUT2D eigenvalue weighted by molar-refractivity contribution is -0.333. The fraction of sp³-hybridized carbons (Fsp3) is 0.586. The molecule has 0 aromatic heterocycles. The minimum atomic E-state index is -1.59. The number of ether oxygens (including phenoxy) is 4. The fourth-order valence-corrected chi connectivity index (χ4v) is 5.57. The Kier molecular flexibility index (Phi) is 9.71. The van der Waals surface area contributed by atoms with Crippen LogP contribution in [0, 0.1) is 23.9 Å². The zero-order chi connectivity index (χ0) is 27.1. The molecule has 4 heterocycles. The number of hydrogen-bond donors (Lipinski definition) is 5. The van der Waals surface area contributed by atoms with Gasteiger partial charge in [0.1, 0.15) is 36.3 Å². The van der Waals surface area contributed by atoms with Gasteiger partial charge in [-0.1, -0.05) is 24.1 Å². The first kappa shape index (κ1) is 28.4. The van der Waals surface area contributed by atoms with Crippen molar-refractivity contribution in [3.8, 4) is 17.8 Å². The summed E-state index contributed by atoms with van der Waals surface area (Å²) in [7, 11) is 0. The zero-order valence-electron chi connectivity index (χ0n) is 21.4. The van der Waals surface area contributed by atoms with Crippen LogP contribution in [0.2, 0.25) is 0 Å². The van der Waals surface area contributed by atoms with Gasteiger partial charge in [0.25, 0.3) is 0 Å². The molecule has 0 unspecified atom stereocenters. The molecular formula is C29H38O9. The highest BCUT2D eigenvalue weighted by Gasteiger charge is 2.62. The molecule has 0 radical (unpaired) electrons. The van der Waals surface area contributed by atoms with Gasteiger partial charge in [0, 0.05) is 26.1 Å². The van der Waals surface area contributed by atoms with E-state index in [0.29, 0.717) is 31.4 Å². The molecule has 1 spiro atoms. The summed E-state index contributed by atoms with van der Waals surface area (Å²) >= 11 is 0. The predicted molar refractivity (Wildman–Crippen MR) is 137 cm³/mol. The van der Waals surface area contributed by atoms with Crippen LogP contribution < -0.4 is 4.74 Å². The van der Waals surface area contributed by atoms with Crippen LogP contribution in [-0.2, 0) is 20.6 Å². The Bertz CT molecular complexity index is 1000. The molecule has 0 saturated carbocycles. The summed E-state index contributed by atoms with van der Waals surface area (Å²) in [6, 6.07) is 7.36. The predicted octanol–water partition coefficient (Wildman–Crippen LogP) is 1.41. The van der Waals surface area contributed by atoms with E-state index in [1.54, 1.807) is 24.3 Å². The van der Waals surface area contributed by atoms with Crippen molar-refractivity contribution >= 4 is 0 Å². The van der Waals surface area contributed by atoms with E-state index in [1.165, 1.54) is 6.26 Å². The Hall–Kier alpha value is -2.58. The summed E-state index contributed by atoms with van der Waals surface area (Å²) in [5, 5.41) is 53.2. The summed E-state index contributed by atoms with van der Waals surface area (Å²) in [5.74, 6) is 2.53. The lowest BCUT2D eigenvalue weighted by Crippen LogP contribution is -2.70. The van der Waals surface area contributed by atoms with E-state index < -0.39 is 48.3 Å². The Morgan fingerprint density at radius 2 is 1.89 bits per heavy atom. The van der Waals surface area contributed by atoms with Gasteiger partial charge in [-0.05, 0) is 61.3 Å². The summed E-state index contributed by atoms with van der Waals surface area (Å²) in [6.45, 7) is 3.56. The molecule has 5 rings (SSSR count). The summed E-state index contributed by atoms with van der Waals surface area (Å²) < 4.78 is 24.6. The lowest BCUT2D eigenvalue weighted by atomic mass is 9.72. The second-order valence-corrected chi connectivity index (χ2v) is 10.1. The molecule has 9 heteroatoms. The Balaban J connectivity index is 1.77. The third kappa shape index (κ3) is 6.01. The average molecular weight is 531 g/mol. The summed E-state index contributed by atoms with van der Waals surface area (Å²) in [4.78, 5) is 0. The molecule has 9 atom stereocenters. The van der Waals surface area contributed by atoms with Crippen LogP contribution in [0.25, 0.3) is 0 Å². The molecule has 9 nitrogen and oxygen atoms in total. The van der Waals surface area contributed by atoms with Gasteiger partial charge in [-0.2, -0.15) is 0 Å². The number of hydrogen-bond acceptors (Lipinski definition) is 9. The van der Waals surface area contributed by atoms with Gasteiger partial charge in [0.05, 0.1) is 12.4 Å². The molecule has 4 aliphatic heterocycles. The van der Waals surface area contributed by atoms with Crippen LogP contribution in [0.3, 0.4) is 0 Å². The van der Waals surface area contributed by atoms with Crippen LogP contribution in [0.5, 0.6) is 5.75 Å². The SMILES string of the molecule is C=CCc1ccc(O[C@@H]2O[C@H]3[C@@H](O)[C@H](O)[C@]24C[C@@H]([C@@H](O)CC#CO[C@H]3CCCO)[C@H](CCO)C=CO4)cc1. The number of aliphatic hydroxyl groups is 5. The van der Waals surface area contributed by atoms with Gasteiger partial charge in [-0.25, -0.2) is 0 Å². The van der Waals surface area contributed by atoms with Crippen molar-refractivity contribution in [2.75, 3.05) is 13.2 Å². The van der Waals surface area contributed by atoms with Crippen molar-refractivity contribution < 1.29 is 44.5 Å². The van der Waals surface area contributed by atoms with Crippen molar-refractivity contribution in [3.63, 3.8) is 0 Å². The highest BCUT2D eigenvalue weighted by atomic mass is 16.7. The number of aliphatic hydroxyl groups excluding tert-OH is 5. The second-order valence-electron chi connectivity index (χ2n) is 10.1. The van der Waals surface area contributed by atoms with Crippen LogP contribution in [0.4, 0.5) is 0 Å². The number of allylic oxidation sites excluding steroid dienone is 2.